The maximum absolute atomic E-state index is 3.38. The van der Waals surface area contributed by atoms with Crippen molar-refractivity contribution in [2.45, 2.75) is 38.5 Å². The fraction of sp³-hybridized carbons (Fsp3) is 0.333. The van der Waals surface area contributed by atoms with Gasteiger partial charge in [-0.05, 0) is 53.0 Å². The Morgan fingerprint density at radius 1 is 1.06 bits per heavy atom. The smallest absolute Gasteiger partial charge is 0.0146 e. The van der Waals surface area contributed by atoms with E-state index in [1.54, 1.807) is 0 Å². The van der Waals surface area contributed by atoms with E-state index < -0.39 is 0 Å². The lowest BCUT2D eigenvalue weighted by molar-refractivity contribution is 0.867. The lowest BCUT2D eigenvalue weighted by Gasteiger charge is -2.09. The molecular formula is C18H19. The van der Waals surface area contributed by atoms with Gasteiger partial charge in [-0.3, -0.25) is 0 Å². The summed E-state index contributed by atoms with van der Waals surface area (Å²) in [6, 6.07) is 18.8. The molecule has 1 radical (unpaired) electrons. The summed E-state index contributed by atoms with van der Waals surface area (Å²) in [4.78, 5) is 0. The van der Waals surface area contributed by atoms with Crippen molar-refractivity contribution in [1.29, 1.82) is 0 Å². The third-order valence-corrected chi connectivity index (χ3v) is 3.73. The van der Waals surface area contributed by atoms with E-state index in [1.807, 2.05) is 0 Å². The fourth-order valence-electron chi connectivity index (χ4n) is 2.37. The van der Waals surface area contributed by atoms with Crippen LogP contribution >= 0.6 is 0 Å². The van der Waals surface area contributed by atoms with Crippen molar-refractivity contribution in [2.24, 2.45) is 0 Å². The molecule has 0 spiro atoms. The Bertz CT molecular complexity index is 504. The van der Waals surface area contributed by atoms with E-state index in [0.29, 0.717) is 5.92 Å². The monoisotopic (exact) mass is 235 g/mol. The molecule has 0 N–H and O–H groups in total. The van der Waals surface area contributed by atoms with Gasteiger partial charge in [0.1, 0.15) is 0 Å². The quantitative estimate of drug-likeness (QED) is 0.689. The number of hydrogen-bond donors (Lipinski definition) is 0. The Balaban J connectivity index is 1.98. The first-order chi connectivity index (χ1) is 8.74. The molecule has 0 bridgehead atoms. The third-order valence-electron chi connectivity index (χ3n) is 3.73. The number of rotatable bonds is 3. The second kappa shape index (κ2) is 4.61. The predicted octanol–water partition coefficient (Wildman–Crippen LogP) is 5.15. The summed E-state index contributed by atoms with van der Waals surface area (Å²) in [6.45, 7) is 4.49. The highest BCUT2D eigenvalue weighted by Crippen LogP contribution is 2.40. The van der Waals surface area contributed by atoms with Gasteiger partial charge in [0.25, 0.3) is 0 Å². The first-order valence-electron chi connectivity index (χ1n) is 6.86. The van der Waals surface area contributed by atoms with Crippen LogP contribution < -0.4 is 0 Å². The summed E-state index contributed by atoms with van der Waals surface area (Å²) >= 11 is 0. The number of hydrogen-bond acceptors (Lipinski definition) is 0. The molecule has 0 aliphatic heterocycles. The van der Waals surface area contributed by atoms with Crippen molar-refractivity contribution in [1.82, 2.24) is 0 Å². The molecule has 1 aliphatic rings. The molecule has 0 amide bonds. The van der Waals surface area contributed by atoms with E-state index in [1.165, 1.54) is 35.1 Å². The first-order valence-corrected chi connectivity index (χ1v) is 6.86. The second-order valence-electron chi connectivity index (χ2n) is 5.59. The van der Waals surface area contributed by atoms with Crippen LogP contribution in [-0.4, -0.2) is 0 Å². The maximum atomic E-state index is 3.38. The van der Waals surface area contributed by atoms with Gasteiger partial charge in [-0.25, -0.2) is 0 Å². The molecule has 0 unspecified atom stereocenters. The topological polar surface area (TPSA) is 0 Å². The minimum atomic E-state index is 0.586. The largest absolute Gasteiger partial charge is 0.0614 e. The van der Waals surface area contributed by atoms with Crippen LogP contribution in [0.5, 0.6) is 0 Å². The van der Waals surface area contributed by atoms with Crippen LogP contribution in [0.25, 0.3) is 11.1 Å². The van der Waals surface area contributed by atoms with E-state index in [4.69, 9.17) is 0 Å². The van der Waals surface area contributed by atoms with Gasteiger partial charge >= 0.3 is 0 Å². The van der Waals surface area contributed by atoms with Gasteiger partial charge in [-0.1, -0.05) is 56.3 Å². The van der Waals surface area contributed by atoms with E-state index in [9.17, 15) is 0 Å². The van der Waals surface area contributed by atoms with Gasteiger partial charge in [0.2, 0.25) is 0 Å². The minimum Gasteiger partial charge on any atom is -0.0614 e. The van der Waals surface area contributed by atoms with Crippen LogP contribution in [0.1, 0.15) is 49.7 Å². The van der Waals surface area contributed by atoms with E-state index in [0.717, 1.165) is 5.92 Å². The summed E-state index contributed by atoms with van der Waals surface area (Å²) in [6.07, 6.45) is 2.68. The molecule has 0 atom stereocenters. The average molecular weight is 235 g/mol. The van der Waals surface area contributed by atoms with Crippen molar-refractivity contribution in [3.8, 4) is 11.1 Å². The second-order valence-corrected chi connectivity index (χ2v) is 5.59. The molecule has 0 aromatic heterocycles. The molecule has 0 heterocycles. The Hall–Kier alpha value is -1.56. The summed E-state index contributed by atoms with van der Waals surface area (Å²) in [7, 11) is 0. The lowest BCUT2D eigenvalue weighted by Crippen LogP contribution is -1.88. The normalized spacial score (nSPS) is 15.1. The molecule has 2 aromatic rings. The van der Waals surface area contributed by atoms with E-state index in [2.05, 4.69) is 62.4 Å². The fourth-order valence-corrected chi connectivity index (χ4v) is 2.37. The molecule has 1 aliphatic carbocycles. The average Bonchev–Trinajstić information content (AvgIpc) is 3.23. The molecule has 0 saturated heterocycles. The molecule has 18 heavy (non-hydrogen) atoms. The van der Waals surface area contributed by atoms with Crippen LogP contribution in [0.4, 0.5) is 0 Å². The van der Waals surface area contributed by atoms with Gasteiger partial charge < -0.3 is 0 Å². The third kappa shape index (κ3) is 2.33. The zero-order valence-electron chi connectivity index (χ0n) is 11.1. The Labute approximate surface area is 110 Å². The van der Waals surface area contributed by atoms with Gasteiger partial charge in [0, 0.05) is 0 Å². The predicted molar refractivity (Wildman–Crippen MR) is 76.8 cm³/mol. The van der Waals surface area contributed by atoms with E-state index >= 15 is 0 Å². The molecular weight excluding hydrogens is 216 g/mol. The van der Waals surface area contributed by atoms with Crippen molar-refractivity contribution < 1.29 is 0 Å². The highest BCUT2D eigenvalue weighted by atomic mass is 14.3. The van der Waals surface area contributed by atoms with Crippen molar-refractivity contribution in [3.05, 3.63) is 59.7 Å². The van der Waals surface area contributed by atoms with Crippen LogP contribution in [0.2, 0.25) is 0 Å². The first kappa shape index (κ1) is 11.5. The van der Waals surface area contributed by atoms with Crippen molar-refractivity contribution >= 4 is 0 Å². The Morgan fingerprint density at radius 3 is 2.56 bits per heavy atom. The SMILES string of the molecule is CC(C)c1cccc(-c2cc[c]c(C3CC3)c2)c1. The summed E-state index contributed by atoms with van der Waals surface area (Å²) in [5.41, 5.74) is 5.46. The molecule has 1 fully saturated rings. The molecule has 2 aromatic carbocycles. The number of benzene rings is 2. The standard InChI is InChI=1S/C18H19/c1-13(2)15-5-3-7-17(11-15)18-8-4-6-16(12-18)14-9-10-14/h3-5,7-8,11-14H,9-10H2,1-2H3. The maximum Gasteiger partial charge on any atom is -0.0146 e. The van der Waals surface area contributed by atoms with E-state index in [-0.39, 0.29) is 0 Å². The summed E-state index contributed by atoms with van der Waals surface area (Å²) in [5.74, 6) is 1.36. The zero-order valence-corrected chi connectivity index (χ0v) is 11.1. The molecule has 0 heteroatoms. The highest BCUT2D eigenvalue weighted by Gasteiger charge is 2.23. The van der Waals surface area contributed by atoms with Gasteiger partial charge in [0.15, 0.2) is 0 Å². The minimum absolute atomic E-state index is 0.586. The summed E-state index contributed by atoms with van der Waals surface area (Å²) < 4.78 is 0. The van der Waals surface area contributed by atoms with Crippen LogP contribution in [-0.2, 0) is 0 Å². The Morgan fingerprint density at radius 2 is 1.83 bits per heavy atom. The van der Waals surface area contributed by atoms with Crippen molar-refractivity contribution in [2.75, 3.05) is 0 Å². The van der Waals surface area contributed by atoms with Gasteiger partial charge in [-0.15, -0.1) is 0 Å². The molecule has 1 saturated carbocycles. The van der Waals surface area contributed by atoms with Crippen LogP contribution in [0.15, 0.2) is 42.5 Å². The molecule has 0 nitrogen and oxygen atoms in total. The van der Waals surface area contributed by atoms with Crippen molar-refractivity contribution in [3.63, 3.8) is 0 Å². The van der Waals surface area contributed by atoms with Crippen LogP contribution in [0.3, 0.4) is 0 Å². The molecule has 91 valence electrons. The Kier molecular flexibility index (Phi) is 2.95. The van der Waals surface area contributed by atoms with Gasteiger partial charge in [-0.2, -0.15) is 0 Å². The lowest BCUT2D eigenvalue weighted by atomic mass is 9.96. The van der Waals surface area contributed by atoms with Crippen LogP contribution in [0, 0.1) is 6.07 Å². The zero-order chi connectivity index (χ0) is 12.5. The van der Waals surface area contributed by atoms with Gasteiger partial charge in [0.05, 0.1) is 0 Å². The summed E-state index contributed by atoms with van der Waals surface area (Å²) in [5, 5.41) is 0. The molecule has 3 rings (SSSR count). The highest BCUT2D eigenvalue weighted by molar-refractivity contribution is 5.65.